The Morgan fingerprint density at radius 1 is 1.15 bits per heavy atom. The maximum absolute atomic E-state index is 10.5. The van der Waals surface area contributed by atoms with Crippen molar-refractivity contribution in [2.24, 2.45) is 0 Å². The van der Waals surface area contributed by atoms with E-state index >= 15 is 0 Å². The standard InChI is InChI=1S/C16H15ClO3/c17-15-9-11(8-13(18)10-16(19)20)6-7-14(15)12-4-2-1-3-5-12/h1-7,9,13,18H,8,10H2,(H,19,20). The van der Waals surface area contributed by atoms with Crippen LogP contribution in [0.1, 0.15) is 12.0 Å². The van der Waals surface area contributed by atoms with Crippen LogP contribution < -0.4 is 0 Å². The largest absolute Gasteiger partial charge is 0.481 e. The highest BCUT2D eigenvalue weighted by Crippen LogP contribution is 2.29. The second-order valence-electron chi connectivity index (χ2n) is 4.64. The molecule has 2 N–H and O–H groups in total. The molecule has 0 aliphatic heterocycles. The molecule has 2 rings (SSSR count). The summed E-state index contributed by atoms with van der Waals surface area (Å²) in [5, 5.41) is 18.8. The summed E-state index contributed by atoms with van der Waals surface area (Å²) in [6.07, 6.45) is -0.884. The minimum Gasteiger partial charge on any atom is -0.481 e. The van der Waals surface area contributed by atoms with Crippen LogP contribution in [-0.4, -0.2) is 22.3 Å². The number of hydrogen-bond acceptors (Lipinski definition) is 2. The van der Waals surface area contributed by atoms with Crippen LogP contribution in [0.2, 0.25) is 5.02 Å². The molecule has 0 amide bonds. The number of benzene rings is 2. The van der Waals surface area contributed by atoms with Gasteiger partial charge >= 0.3 is 5.97 Å². The molecule has 3 nitrogen and oxygen atoms in total. The first-order valence-corrected chi connectivity index (χ1v) is 6.68. The number of carboxylic acids is 1. The lowest BCUT2D eigenvalue weighted by Gasteiger charge is -2.10. The molecule has 0 saturated heterocycles. The Balaban J connectivity index is 2.16. The topological polar surface area (TPSA) is 57.5 Å². The van der Waals surface area contributed by atoms with Crippen LogP contribution >= 0.6 is 11.6 Å². The third-order valence-electron chi connectivity index (χ3n) is 3.00. The fourth-order valence-corrected chi connectivity index (χ4v) is 2.40. The van der Waals surface area contributed by atoms with Gasteiger partial charge in [-0.3, -0.25) is 4.79 Å². The molecule has 0 heterocycles. The molecule has 4 heteroatoms. The molecule has 0 bridgehead atoms. The third kappa shape index (κ3) is 3.83. The lowest BCUT2D eigenvalue weighted by molar-refractivity contribution is -0.139. The number of rotatable bonds is 5. The summed E-state index contributed by atoms with van der Waals surface area (Å²) in [6.45, 7) is 0. The maximum atomic E-state index is 10.5. The van der Waals surface area contributed by atoms with Crippen molar-refractivity contribution in [1.82, 2.24) is 0 Å². The maximum Gasteiger partial charge on any atom is 0.305 e. The fraction of sp³-hybridized carbons (Fsp3) is 0.188. The van der Waals surface area contributed by atoms with Crippen molar-refractivity contribution in [2.45, 2.75) is 18.9 Å². The first-order chi connectivity index (χ1) is 9.56. The summed E-state index contributed by atoms with van der Waals surface area (Å²) in [4.78, 5) is 10.5. The van der Waals surface area contributed by atoms with E-state index in [2.05, 4.69) is 0 Å². The van der Waals surface area contributed by atoms with Gasteiger partial charge in [0.2, 0.25) is 0 Å². The van der Waals surface area contributed by atoms with Crippen LogP contribution in [0.5, 0.6) is 0 Å². The van der Waals surface area contributed by atoms with Gasteiger partial charge in [-0.15, -0.1) is 0 Å². The van der Waals surface area contributed by atoms with E-state index in [0.29, 0.717) is 5.02 Å². The van der Waals surface area contributed by atoms with Gasteiger partial charge in [0.1, 0.15) is 0 Å². The molecule has 1 unspecified atom stereocenters. The highest BCUT2D eigenvalue weighted by molar-refractivity contribution is 6.33. The van der Waals surface area contributed by atoms with Crippen molar-refractivity contribution in [1.29, 1.82) is 0 Å². The first kappa shape index (κ1) is 14.6. The van der Waals surface area contributed by atoms with Crippen molar-refractivity contribution in [3.8, 4) is 11.1 Å². The summed E-state index contributed by atoms with van der Waals surface area (Å²) < 4.78 is 0. The van der Waals surface area contributed by atoms with Crippen LogP contribution in [0, 0.1) is 0 Å². The van der Waals surface area contributed by atoms with Crippen molar-refractivity contribution < 1.29 is 15.0 Å². The average molecular weight is 291 g/mol. The van der Waals surface area contributed by atoms with Gasteiger partial charge in [-0.1, -0.05) is 54.1 Å². The Morgan fingerprint density at radius 3 is 2.45 bits per heavy atom. The monoisotopic (exact) mass is 290 g/mol. The molecule has 0 aromatic heterocycles. The molecule has 0 saturated carbocycles. The number of halogens is 1. The van der Waals surface area contributed by atoms with E-state index < -0.39 is 12.1 Å². The van der Waals surface area contributed by atoms with Crippen molar-refractivity contribution in [3.63, 3.8) is 0 Å². The normalized spacial score (nSPS) is 12.1. The zero-order chi connectivity index (χ0) is 14.5. The van der Waals surface area contributed by atoms with Gasteiger partial charge in [-0.25, -0.2) is 0 Å². The van der Waals surface area contributed by atoms with Gasteiger partial charge in [0.15, 0.2) is 0 Å². The predicted molar refractivity (Wildman–Crippen MR) is 78.9 cm³/mol. The Kier molecular flexibility index (Phi) is 4.77. The second-order valence-corrected chi connectivity index (χ2v) is 5.04. The zero-order valence-corrected chi connectivity index (χ0v) is 11.5. The molecule has 2 aromatic rings. The Morgan fingerprint density at radius 2 is 1.85 bits per heavy atom. The number of aliphatic carboxylic acids is 1. The van der Waals surface area contributed by atoms with Gasteiger partial charge < -0.3 is 10.2 Å². The molecule has 0 fully saturated rings. The SMILES string of the molecule is O=C(O)CC(O)Cc1ccc(-c2ccccc2)c(Cl)c1. The highest BCUT2D eigenvalue weighted by Gasteiger charge is 2.11. The molecular formula is C16H15ClO3. The Bertz CT molecular complexity index is 596. The van der Waals surface area contributed by atoms with E-state index in [9.17, 15) is 9.90 Å². The molecule has 0 spiro atoms. The summed E-state index contributed by atoms with van der Waals surface area (Å²) in [5.41, 5.74) is 2.77. The smallest absolute Gasteiger partial charge is 0.305 e. The number of carboxylic acid groups (broad SMARTS) is 1. The number of hydrogen-bond donors (Lipinski definition) is 2. The molecular weight excluding hydrogens is 276 g/mol. The van der Waals surface area contributed by atoms with E-state index in [4.69, 9.17) is 16.7 Å². The molecule has 0 aliphatic carbocycles. The van der Waals surface area contributed by atoms with Crippen LogP contribution in [-0.2, 0) is 11.2 Å². The third-order valence-corrected chi connectivity index (χ3v) is 3.31. The average Bonchev–Trinajstić information content (AvgIpc) is 2.38. The van der Waals surface area contributed by atoms with Crippen LogP contribution in [0.4, 0.5) is 0 Å². The van der Waals surface area contributed by atoms with Crippen LogP contribution in [0.3, 0.4) is 0 Å². The molecule has 0 radical (unpaired) electrons. The predicted octanol–water partition coefficient (Wildman–Crippen LogP) is 3.39. The molecule has 0 aliphatic rings. The van der Waals surface area contributed by atoms with Crippen molar-refractivity contribution in [2.75, 3.05) is 0 Å². The highest BCUT2D eigenvalue weighted by atomic mass is 35.5. The number of aliphatic hydroxyl groups is 1. The van der Waals surface area contributed by atoms with Gasteiger partial charge in [-0.2, -0.15) is 0 Å². The van der Waals surface area contributed by atoms with Gasteiger partial charge in [0, 0.05) is 10.6 Å². The minimum absolute atomic E-state index is 0.266. The Labute approximate surface area is 122 Å². The van der Waals surface area contributed by atoms with E-state index in [0.717, 1.165) is 16.7 Å². The Hall–Kier alpha value is -1.84. The first-order valence-electron chi connectivity index (χ1n) is 6.30. The van der Waals surface area contributed by atoms with Gasteiger partial charge in [-0.05, 0) is 23.6 Å². The lowest BCUT2D eigenvalue weighted by atomic mass is 10.0. The van der Waals surface area contributed by atoms with Gasteiger partial charge in [0.05, 0.1) is 12.5 Å². The van der Waals surface area contributed by atoms with Crippen molar-refractivity contribution >= 4 is 17.6 Å². The van der Waals surface area contributed by atoms with Crippen molar-refractivity contribution in [3.05, 3.63) is 59.1 Å². The van der Waals surface area contributed by atoms with Crippen LogP contribution in [0.15, 0.2) is 48.5 Å². The molecule has 1 atom stereocenters. The molecule has 2 aromatic carbocycles. The summed E-state index contributed by atoms with van der Waals surface area (Å²) >= 11 is 6.26. The summed E-state index contributed by atoms with van der Waals surface area (Å²) in [7, 11) is 0. The summed E-state index contributed by atoms with van der Waals surface area (Å²) in [6, 6.07) is 15.3. The van der Waals surface area contributed by atoms with Gasteiger partial charge in [0.25, 0.3) is 0 Å². The second kappa shape index (κ2) is 6.55. The van der Waals surface area contributed by atoms with E-state index in [1.165, 1.54) is 0 Å². The fourth-order valence-electron chi connectivity index (χ4n) is 2.08. The summed E-state index contributed by atoms with van der Waals surface area (Å²) in [5.74, 6) is -1.01. The lowest BCUT2D eigenvalue weighted by Crippen LogP contribution is -2.15. The van der Waals surface area contributed by atoms with Crippen LogP contribution in [0.25, 0.3) is 11.1 Å². The zero-order valence-electron chi connectivity index (χ0n) is 10.8. The molecule has 20 heavy (non-hydrogen) atoms. The van der Waals surface area contributed by atoms with E-state index in [1.807, 2.05) is 42.5 Å². The minimum atomic E-state index is -1.01. The van der Waals surface area contributed by atoms with E-state index in [1.54, 1.807) is 6.07 Å². The number of aliphatic hydroxyl groups excluding tert-OH is 1. The molecule has 104 valence electrons. The number of carbonyl (C=O) groups is 1. The quantitative estimate of drug-likeness (QED) is 0.887. The van der Waals surface area contributed by atoms with E-state index in [-0.39, 0.29) is 12.8 Å².